The molecule has 0 saturated carbocycles. The minimum atomic E-state index is 1.15. The van der Waals surface area contributed by atoms with Gasteiger partial charge in [0.25, 0.3) is 0 Å². The van der Waals surface area contributed by atoms with Crippen LogP contribution in [0, 0.1) is 0 Å². The Morgan fingerprint density at radius 1 is 0.273 bits per heavy atom. The third-order valence-corrected chi connectivity index (χ3v) is 23.9. The van der Waals surface area contributed by atoms with Crippen LogP contribution in [-0.2, 0) is 25.7 Å². The first-order valence-electron chi connectivity index (χ1n) is 24.6. The van der Waals surface area contributed by atoms with Crippen LogP contribution in [0.5, 0.6) is 0 Å². The average molecular weight is 1150 g/mol. The van der Waals surface area contributed by atoms with Crippen LogP contribution in [0.15, 0.2) is 80.4 Å². The van der Waals surface area contributed by atoms with Crippen molar-refractivity contribution in [3.05, 3.63) is 103 Å². The van der Waals surface area contributed by atoms with Crippen LogP contribution < -0.4 is 0 Å². The van der Waals surface area contributed by atoms with Crippen molar-refractivity contribution in [2.75, 3.05) is 0 Å². The van der Waals surface area contributed by atoms with E-state index >= 15 is 0 Å². The molecule has 8 aromatic rings. The third-order valence-electron chi connectivity index (χ3n) is 12.4. The average Bonchev–Trinajstić information content (AvgIpc) is 4.17. The monoisotopic (exact) mass is 1150 g/mol. The number of hydrogen-bond donors (Lipinski definition) is 0. The van der Waals surface area contributed by atoms with Gasteiger partial charge in [-0.2, -0.15) is 0 Å². The van der Waals surface area contributed by atoms with Gasteiger partial charge in [0.2, 0.25) is 0 Å². The van der Waals surface area contributed by atoms with Crippen molar-refractivity contribution in [1.82, 2.24) is 0 Å². The summed E-state index contributed by atoms with van der Waals surface area (Å²) in [7, 11) is 0. The second-order valence-corrected chi connectivity index (χ2v) is 28.9. The molecular formula is C56H64Br2S8. The van der Waals surface area contributed by atoms with E-state index in [0.29, 0.717) is 0 Å². The molecule has 0 aromatic carbocycles. The summed E-state index contributed by atoms with van der Waals surface area (Å²) in [6.07, 6.45) is 25.3. The first-order chi connectivity index (χ1) is 32.3. The maximum absolute atomic E-state index is 3.76. The third kappa shape index (κ3) is 13.1. The molecule has 0 unspecified atom stereocenters. The second kappa shape index (κ2) is 25.6. The summed E-state index contributed by atoms with van der Waals surface area (Å²) in [5, 5.41) is 0. The van der Waals surface area contributed by atoms with Crippen LogP contribution in [0.1, 0.15) is 153 Å². The van der Waals surface area contributed by atoms with E-state index in [1.807, 2.05) is 90.7 Å². The van der Waals surface area contributed by atoms with Crippen molar-refractivity contribution >= 4 is 123 Å². The van der Waals surface area contributed by atoms with Gasteiger partial charge in [-0.1, -0.05) is 105 Å². The summed E-state index contributed by atoms with van der Waals surface area (Å²) in [5.41, 5.74) is 6.14. The van der Waals surface area contributed by atoms with Crippen molar-refractivity contribution in [2.45, 2.75) is 156 Å². The fourth-order valence-corrected chi connectivity index (χ4v) is 19.2. The summed E-state index contributed by atoms with van der Waals surface area (Å²) in [4.78, 5) is 20.1. The molecule has 0 fully saturated rings. The number of rotatable bonds is 27. The lowest BCUT2D eigenvalue weighted by Crippen LogP contribution is -1.85. The van der Waals surface area contributed by atoms with Crippen molar-refractivity contribution in [1.29, 1.82) is 0 Å². The molecular weight excluding hydrogens is 1090 g/mol. The minimum Gasteiger partial charge on any atom is -0.134 e. The first-order valence-corrected chi connectivity index (χ1v) is 32.7. The molecule has 0 spiro atoms. The summed E-state index contributed by atoms with van der Waals surface area (Å²) >= 11 is 23.4. The van der Waals surface area contributed by atoms with Gasteiger partial charge in [-0.15, -0.1) is 90.7 Å². The molecule has 0 N–H and O–H groups in total. The Morgan fingerprint density at radius 2 is 0.530 bits per heavy atom. The fraction of sp³-hybridized carbons (Fsp3) is 0.429. The Hall–Kier alpha value is -1.44. The Kier molecular flexibility index (Phi) is 19.8. The highest BCUT2D eigenvalue weighted by Gasteiger charge is 2.22. The first kappa shape index (κ1) is 50.9. The molecule has 0 amide bonds. The van der Waals surface area contributed by atoms with E-state index in [9.17, 15) is 0 Å². The van der Waals surface area contributed by atoms with Gasteiger partial charge in [0.1, 0.15) is 0 Å². The molecule has 0 atom stereocenters. The molecule has 0 bridgehead atoms. The Morgan fingerprint density at radius 3 is 0.788 bits per heavy atom. The molecule has 0 aliphatic heterocycles. The number of aryl methyl sites for hydroxylation is 4. The van der Waals surface area contributed by atoms with E-state index in [1.54, 1.807) is 0 Å². The smallest absolute Gasteiger partial charge is 0.0705 e. The normalized spacial score (nSPS) is 11.8. The molecule has 10 heteroatoms. The van der Waals surface area contributed by atoms with E-state index < -0.39 is 0 Å². The van der Waals surface area contributed by atoms with E-state index in [-0.39, 0.29) is 0 Å². The predicted molar refractivity (Wildman–Crippen MR) is 314 cm³/mol. The summed E-state index contributed by atoms with van der Waals surface area (Å²) in [6.45, 7) is 9.26. The van der Waals surface area contributed by atoms with Crippen molar-refractivity contribution in [3.63, 3.8) is 0 Å². The SMILES string of the molecule is CCCCCCc1cc(-c2cc(CCCCCC)c(-c3ccc(-c4ccc(-c5sc(-c6cc(CCCCCC)c(-c7ccc(Br)s7)s6)cc5CCCCCC)s4)s3)s2)sc1-c1ccc(Br)s1. The lowest BCUT2D eigenvalue weighted by atomic mass is 10.0. The molecule has 0 saturated heterocycles. The Labute approximate surface area is 444 Å². The second-order valence-electron chi connectivity index (χ2n) is 17.6. The quantitative estimate of drug-likeness (QED) is 0.0450. The maximum atomic E-state index is 3.76. The van der Waals surface area contributed by atoms with Gasteiger partial charge in [0.05, 0.1) is 7.57 Å². The minimum absolute atomic E-state index is 1.15. The predicted octanol–water partition coefficient (Wildman–Crippen LogP) is 23.9. The molecule has 8 heterocycles. The van der Waals surface area contributed by atoms with Crippen LogP contribution in [0.3, 0.4) is 0 Å². The highest BCUT2D eigenvalue weighted by atomic mass is 79.9. The number of unbranched alkanes of at least 4 members (excludes halogenated alkanes) is 12. The van der Waals surface area contributed by atoms with Crippen LogP contribution >= 0.6 is 123 Å². The molecule has 66 heavy (non-hydrogen) atoms. The van der Waals surface area contributed by atoms with Crippen LogP contribution in [-0.4, -0.2) is 0 Å². The molecule has 0 radical (unpaired) electrons. The number of halogens is 2. The molecule has 0 nitrogen and oxygen atoms in total. The van der Waals surface area contributed by atoms with Crippen LogP contribution in [0.2, 0.25) is 0 Å². The van der Waals surface area contributed by atoms with Crippen molar-refractivity contribution < 1.29 is 0 Å². The van der Waals surface area contributed by atoms with Gasteiger partial charge < -0.3 is 0 Å². The van der Waals surface area contributed by atoms with E-state index in [2.05, 4.69) is 132 Å². The topological polar surface area (TPSA) is 0 Å². The van der Waals surface area contributed by atoms with Gasteiger partial charge in [-0.25, -0.2) is 0 Å². The van der Waals surface area contributed by atoms with Crippen molar-refractivity contribution in [3.8, 4) is 68.3 Å². The van der Waals surface area contributed by atoms with Crippen molar-refractivity contribution in [2.24, 2.45) is 0 Å². The van der Waals surface area contributed by atoms with Gasteiger partial charge in [0.15, 0.2) is 0 Å². The highest BCUT2D eigenvalue weighted by molar-refractivity contribution is 9.11. The zero-order valence-electron chi connectivity index (χ0n) is 39.1. The molecule has 8 aromatic heterocycles. The standard InChI is InChI=1S/C56H64Br2S8/c1-5-9-13-17-21-37-33-47(49-35-39(23-19-15-11-7-3)55(65-49)45-29-31-51(57)61-45)63-53(37)43-27-25-41(59-43)42-26-28-44(60-42)54-38(22-18-14-10-6-2)34-48(64-54)50-36-40(24-20-16-12-8-4)56(66-50)46-30-32-52(58)62-46/h25-36H,5-24H2,1-4H3. The Bertz CT molecular complexity index is 2530. The summed E-state index contributed by atoms with van der Waals surface area (Å²) < 4.78 is 2.42. The van der Waals surface area contributed by atoms with Gasteiger partial charge in [-0.05, 0) is 178 Å². The fourth-order valence-electron chi connectivity index (χ4n) is 8.80. The lowest BCUT2D eigenvalue weighted by Gasteiger charge is -2.02. The van der Waals surface area contributed by atoms with Gasteiger partial charge in [-0.3, -0.25) is 0 Å². The van der Waals surface area contributed by atoms with E-state index in [1.165, 1.54) is 201 Å². The zero-order chi connectivity index (χ0) is 45.8. The molecule has 0 aliphatic rings. The number of hydrogen-bond acceptors (Lipinski definition) is 8. The largest absolute Gasteiger partial charge is 0.134 e. The summed E-state index contributed by atoms with van der Waals surface area (Å²) in [5.74, 6) is 0. The molecule has 350 valence electrons. The highest BCUT2D eigenvalue weighted by Crippen LogP contribution is 2.51. The van der Waals surface area contributed by atoms with E-state index in [4.69, 9.17) is 0 Å². The van der Waals surface area contributed by atoms with Gasteiger partial charge >= 0.3 is 0 Å². The lowest BCUT2D eigenvalue weighted by molar-refractivity contribution is 0.668. The van der Waals surface area contributed by atoms with Crippen LogP contribution in [0.25, 0.3) is 68.3 Å². The van der Waals surface area contributed by atoms with Crippen LogP contribution in [0.4, 0.5) is 0 Å². The molecule has 0 aliphatic carbocycles. The number of thiophene rings is 8. The van der Waals surface area contributed by atoms with Gasteiger partial charge in [0, 0.05) is 68.3 Å². The summed E-state index contributed by atoms with van der Waals surface area (Å²) in [6, 6.07) is 28.9. The maximum Gasteiger partial charge on any atom is 0.0705 e. The molecule has 8 rings (SSSR count). The zero-order valence-corrected chi connectivity index (χ0v) is 48.8. The Balaban J connectivity index is 1.09. The van der Waals surface area contributed by atoms with E-state index in [0.717, 1.165) is 25.7 Å².